The summed E-state index contributed by atoms with van der Waals surface area (Å²) in [6, 6.07) is 15.5. The first-order valence-electron chi connectivity index (χ1n) is 8.34. The number of aromatic nitrogens is 1. The lowest BCUT2D eigenvalue weighted by Crippen LogP contribution is -2.08. The molecule has 146 valence electrons. The smallest absolute Gasteiger partial charge is 0.210 e. The Balaban J connectivity index is 2.15. The monoisotopic (exact) mass is 449 g/mol. The van der Waals surface area contributed by atoms with E-state index in [0.29, 0.717) is 10.9 Å². The molecule has 0 bridgehead atoms. The zero-order valence-electron chi connectivity index (χ0n) is 14.5. The summed E-state index contributed by atoms with van der Waals surface area (Å²) in [5, 5.41) is -0.264. The molecular formula is C21H11Cl2F2NO2S. The first-order valence-corrected chi connectivity index (χ1v) is 10.6. The summed E-state index contributed by atoms with van der Waals surface area (Å²) in [7, 11) is -4.31. The highest BCUT2D eigenvalue weighted by molar-refractivity contribution is 7.91. The van der Waals surface area contributed by atoms with Gasteiger partial charge in [0.1, 0.15) is 21.7 Å². The molecular weight excluding hydrogens is 439 g/mol. The van der Waals surface area contributed by atoms with Crippen LogP contribution in [0.4, 0.5) is 8.78 Å². The molecule has 0 saturated carbocycles. The average Bonchev–Trinajstić information content (AvgIpc) is 2.69. The molecule has 3 nitrogen and oxygen atoms in total. The lowest BCUT2D eigenvalue weighted by Gasteiger charge is -2.16. The third-order valence-corrected chi connectivity index (χ3v) is 6.90. The number of para-hydroxylation sites is 1. The van der Waals surface area contributed by atoms with Crippen LogP contribution < -0.4 is 0 Å². The van der Waals surface area contributed by atoms with Gasteiger partial charge < -0.3 is 0 Å². The third-order valence-electron chi connectivity index (χ3n) is 4.42. The van der Waals surface area contributed by atoms with Crippen LogP contribution in [0.3, 0.4) is 0 Å². The minimum absolute atomic E-state index is 0.0554. The zero-order chi connectivity index (χ0) is 20.8. The Morgan fingerprint density at radius 3 is 2.24 bits per heavy atom. The van der Waals surface area contributed by atoms with Gasteiger partial charge in [-0.2, -0.15) is 0 Å². The predicted octanol–water partition coefficient (Wildman–Crippen LogP) is 6.32. The van der Waals surface area contributed by atoms with E-state index in [4.69, 9.17) is 23.2 Å². The second-order valence-corrected chi connectivity index (χ2v) is 8.83. The molecule has 0 aliphatic heterocycles. The fourth-order valence-electron chi connectivity index (χ4n) is 3.10. The molecule has 8 heteroatoms. The van der Waals surface area contributed by atoms with Crippen molar-refractivity contribution in [2.75, 3.05) is 0 Å². The van der Waals surface area contributed by atoms with E-state index in [9.17, 15) is 17.2 Å². The molecule has 29 heavy (non-hydrogen) atoms. The largest absolute Gasteiger partial charge is 0.235 e. The number of fused-ring (bicyclic) bond motifs is 1. The Labute approximate surface area is 175 Å². The first kappa shape index (κ1) is 19.8. The molecule has 0 fully saturated rings. The Kier molecular flexibility index (Phi) is 5.02. The standard InChI is InChI=1S/C21H11Cl2F2NO2S/c22-15-11-12(9-10-17(15)25)29(27,28)20-19(13-5-1-3-7-16(13)24)14-6-2-4-8-18(14)26-21(20)23/h1-11H. The van der Waals surface area contributed by atoms with Gasteiger partial charge in [-0.05, 0) is 30.3 Å². The van der Waals surface area contributed by atoms with Gasteiger partial charge in [0.05, 0.1) is 15.4 Å². The zero-order valence-corrected chi connectivity index (χ0v) is 16.9. The number of sulfone groups is 1. The number of hydrogen-bond donors (Lipinski definition) is 0. The van der Waals surface area contributed by atoms with Crippen molar-refractivity contribution in [2.24, 2.45) is 0 Å². The highest BCUT2D eigenvalue weighted by atomic mass is 35.5. The predicted molar refractivity (Wildman–Crippen MR) is 109 cm³/mol. The van der Waals surface area contributed by atoms with Gasteiger partial charge in [-0.1, -0.05) is 59.6 Å². The summed E-state index contributed by atoms with van der Waals surface area (Å²) in [5.41, 5.74) is 0.547. The molecule has 0 saturated heterocycles. The maximum absolute atomic E-state index is 14.7. The number of hydrogen-bond acceptors (Lipinski definition) is 3. The SMILES string of the molecule is O=S(=O)(c1ccc(F)c(Cl)c1)c1c(Cl)nc2ccccc2c1-c1ccccc1F. The summed E-state index contributed by atoms with van der Waals surface area (Å²) in [5.74, 6) is -1.38. The van der Waals surface area contributed by atoms with Crippen molar-refractivity contribution >= 4 is 43.9 Å². The van der Waals surface area contributed by atoms with Gasteiger partial charge in [0.2, 0.25) is 9.84 Å². The lowest BCUT2D eigenvalue weighted by atomic mass is 10.0. The van der Waals surface area contributed by atoms with Gasteiger partial charge in [-0.15, -0.1) is 0 Å². The van der Waals surface area contributed by atoms with Gasteiger partial charge in [-0.25, -0.2) is 22.2 Å². The van der Waals surface area contributed by atoms with Crippen molar-refractivity contribution in [3.05, 3.63) is 88.5 Å². The van der Waals surface area contributed by atoms with Crippen molar-refractivity contribution in [3.8, 4) is 11.1 Å². The maximum Gasteiger partial charge on any atom is 0.210 e. The number of halogens is 4. The molecule has 1 heterocycles. The van der Waals surface area contributed by atoms with Crippen LogP contribution in [0.5, 0.6) is 0 Å². The molecule has 0 radical (unpaired) electrons. The number of pyridine rings is 1. The highest BCUT2D eigenvalue weighted by Crippen LogP contribution is 2.41. The van der Waals surface area contributed by atoms with Gasteiger partial charge in [0.15, 0.2) is 0 Å². The van der Waals surface area contributed by atoms with Gasteiger partial charge in [0.25, 0.3) is 0 Å². The molecule has 0 unspecified atom stereocenters. The van der Waals surface area contributed by atoms with E-state index in [1.54, 1.807) is 30.3 Å². The summed E-state index contributed by atoms with van der Waals surface area (Å²) >= 11 is 12.1. The Morgan fingerprint density at radius 1 is 0.828 bits per heavy atom. The molecule has 4 aromatic rings. The first-order chi connectivity index (χ1) is 13.8. The Bertz CT molecular complexity index is 1370. The molecule has 0 aliphatic carbocycles. The van der Waals surface area contributed by atoms with Crippen LogP contribution in [0.15, 0.2) is 76.5 Å². The van der Waals surface area contributed by atoms with E-state index in [0.717, 1.165) is 18.2 Å². The molecule has 0 amide bonds. The van der Waals surface area contributed by atoms with Gasteiger partial charge >= 0.3 is 0 Å². The topological polar surface area (TPSA) is 47.0 Å². The third kappa shape index (κ3) is 3.37. The summed E-state index contributed by atoms with van der Waals surface area (Å²) < 4.78 is 55.1. The van der Waals surface area contributed by atoms with Crippen LogP contribution in [0, 0.1) is 11.6 Å². The molecule has 0 N–H and O–H groups in total. The van der Waals surface area contributed by atoms with Crippen molar-refractivity contribution in [2.45, 2.75) is 9.79 Å². The fourth-order valence-corrected chi connectivity index (χ4v) is 5.35. The summed E-state index contributed by atoms with van der Waals surface area (Å²) in [6.07, 6.45) is 0. The maximum atomic E-state index is 14.7. The van der Waals surface area contributed by atoms with Crippen molar-refractivity contribution in [1.29, 1.82) is 0 Å². The number of nitrogens with zero attached hydrogens (tertiary/aromatic N) is 1. The fraction of sp³-hybridized carbons (Fsp3) is 0. The van der Waals surface area contributed by atoms with E-state index in [1.165, 1.54) is 18.2 Å². The van der Waals surface area contributed by atoms with Crippen LogP contribution in [-0.4, -0.2) is 13.4 Å². The molecule has 0 aliphatic rings. The van der Waals surface area contributed by atoms with Crippen LogP contribution in [0.1, 0.15) is 0 Å². The average molecular weight is 450 g/mol. The summed E-state index contributed by atoms with van der Waals surface area (Å²) in [4.78, 5) is 3.53. The van der Waals surface area contributed by atoms with Crippen LogP contribution in [0.2, 0.25) is 10.2 Å². The minimum Gasteiger partial charge on any atom is -0.235 e. The van der Waals surface area contributed by atoms with Crippen molar-refractivity contribution in [3.63, 3.8) is 0 Å². The number of rotatable bonds is 3. The van der Waals surface area contributed by atoms with E-state index in [-0.39, 0.29) is 31.1 Å². The Hall–Kier alpha value is -2.54. The van der Waals surface area contributed by atoms with Crippen LogP contribution >= 0.6 is 23.2 Å². The van der Waals surface area contributed by atoms with Gasteiger partial charge in [0, 0.05) is 16.5 Å². The van der Waals surface area contributed by atoms with E-state index in [1.807, 2.05) is 0 Å². The van der Waals surface area contributed by atoms with E-state index in [2.05, 4.69) is 4.98 Å². The highest BCUT2D eigenvalue weighted by Gasteiger charge is 2.30. The Morgan fingerprint density at radius 2 is 1.52 bits per heavy atom. The molecule has 4 rings (SSSR count). The van der Waals surface area contributed by atoms with Gasteiger partial charge in [-0.3, -0.25) is 0 Å². The van der Waals surface area contributed by atoms with E-state index >= 15 is 0 Å². The molecule has 1 aromatic heterocycles. The second kappa shape index (κ2) is 7.37. The summed E-state index contributed by atoms with van der Waals surface area (Å²) in [6.45, 7) is 0. The molecule has 0 atom stereocenters. The van der Waals surface area contributed by atoms with Crippen LogP contribution in [0.25, 0.3) is 22.0 Å². The van der Waals surface area contributed by atoms with Crippen molar-refractivity contribution in [1.82, 2.24) is 4.98 Å². The minimum atomic E-state index is -4.31. The van der Waals surface area contributed by atoms with E-state index < -0.39 is 21.5 Å². The van der Waals surface area contributed by atoms with Crippen LogP contribution in [-0.2, 0) is 9.84 Å². The normalized spacial score (nSPS) is 11.7. The lowest BCUT2D eigenvalue weighted by molar-refractivity contribution is 0.594. The number of benzene rings is 3. The second-order valence-electron chi connectivity index (χ2n) is 6.18. The molecule has 3 aromatic carbocycles. The molecule has 0 spiro atoms. The quantitative estimate of drug-likeness (QED) is 0.271. The van der Waals surface area contributed by atoms with Crippen molar-refractivity contribution < 1.29 is 17.2 Å².